The molecule has 1 amide bonds. The van der Waals surface area contributed by atoms with Crippen molar-refractivity contribution in [2.24, 2.45) is 0 Å². The van der Waals surface area contributed by atoms with Crippen LogP contribution in [0.5, 0.6) is 0 Å². The SMILES string of the molecule is CC(C)(C)[Si](C)(C)OCc1cc(Br)c2c(c1)C(=O)NCC21CC1. The molecule has 1 N–H and O–H groups in total. The van der Waals surface area contributed by atoms with Crippen LogP contribution in [-0.4, -0.2) is 20.8 Å². The maximum absolute atomic E-state index is 12.3. The van der Waals surface area contributed by atoms with Crippen molar-refractivity contribution in [3.63, 3.8) is 0 Å². The highest BCUT2D eigenvalue weighted by molar-refractivity contribution is 9.10. The number of carbonyl (C=O) groups excluding carboxylic acids is 1. The molecule has 1 aromatic carbocycles. The fraction of sp³-hybridized carbons (Fsp3) is 0.611. The first-order valence-electron chi connectivity index (χ1n) is 8.31. The Hall–Kier alpha value is -0.653. The monoisotopic (exact) mass is 395 g/mol. The summed E-state index contributed by atoms with van der Waals surface area (Å²) in [6.07, 6.45) is 2.33. The van der Waals surface area contributed by atoms with Gasteiger partial charge in [0, 0.05) is 22.0 Å². The zero-order valence-electron chi connectivity index (χ0n) is 14.7. The standard InChI is InChI=1S/C18H26BrNO2Si/c1-17(2,3)23(4,5)22-10-12-8-13-15(14(19)9-12)18(6-7-18)11-20-16(13)21/h8-9H,6-7,10-11H2,1-5H3,(H,20,21). The second kappa shape index (κ2) is 5.43. The molecule has 1 spiro atoms. The van der Waals surface area contributed by atoms with Gasteiger partial charge >= 0.3 is 0 Å². The van der Waals surface area contributed by atoms with Gasteiger partial charge in [0.05, 0.1) is 6.61 Å². The van der Waals surface area contributed by atoms with Crippen molar-refractivity contribution in [3.8, 4) is 0 Å². The lowest BCUT2D eigenvalue weighted by Crippen LogP contribution is -2.41. The van der Waals surface area contributed by atoms with Crippen LogP contribution in [0, 0.1) is 0 Å². The fourth-order valence-electron chi connectivity index (χ4n) is 2.96. The number of halogens is 1. The van der Waals surface area contributed by atoms with Gasteiger partial charge in [0.1, 0.15) is 0 Å². The molecule has 1 fully saturated rings. The first-order chi connectivity index (χ1) is 10.6. The van der Waals surface area contributed by atoms with Crippen LogP contribution in [-0.2, 0) is 16.4 Å². The largest absolute Gasteiger partial charge is 0.413 e. The van der Waals surface area contributed by atoms with E-state index in [1.165, 1.54) is 18.4 Å². The van der Waals surface area contributed by atoms with Crippen LogP contribution in [0.4, 0.5) is 0 Å². The van der Waals surface area contributed by atoms with Crippen molar-refractivity contribution in [2.45, 2.75) is 63.8 Å². The highest BCUT2D eigenvalue weighted by Gasteiger charge is 2.50. The molecule has 3 nitrogen and oxygen atoms in total. The van der Waals surface area contributed by atoms with Crippen LogP contribution in [0.15, 0.2) is 16.6 Å². The molecule has 1 heterocycles. The smallest absolute Gasteiger partial charge is 0.251 e. The molecule has 1 saturated carbocycles. The van der Waals surface area contributed by atoms with E-state index in [1.807, 2.05) is 6.07 Å². The van der Waals surface area contributed by atoms with Crippen LogP contribution >= 0.6 is 15.9 Å². The molecule has 0 saturated heterocycles. The zero-order chi connectivity index (χ0) is 17.0. The van der Waals surface area contributed by atoms with Gasteiger partial charge in [-0.15, -0.1) is 0 Å². The number of rotatable bonds is 3. The fourth-order valence-corrected chi connectivity index (χ4v) is 4.84. The Balaban J connectivity index is 1.87. The number of carbonyl (C=O) groups is 1. The normalized spacial score (nSPS) is 19.5. The summed E-state index contributed by atoms with van der Waals surface area (Å²) in [6.45, 7) is 12.6. The van der Waals surface area contributed by atoms with Crippen molar-refractivity contribution in [1.82, 2.24) is 5.32 Å². The molecule has 3 rings (SSSR count). The van der Waals surface area contributed by atoms with Crippen LogP contribution < -0.4 is 5.32 Å². The van der Waals surface area contributed by atoms with Crippen molar-refractivity contribution in [1.29, 1.82) is 0 Å². The Bertz CT molecular complexity index is 660. The molecular weight excluding hydrogens is 370 g/mol. The van der Waals surface area contributed by atoms with Crippen LogP contribution in [0.2, 0.25) is 18.1 Å². The van der Waals surface area contributed by atoms with Crippen molar-refractivity contribution >= 4 is 30.2 Å². The summed E-state index contributed by atoms with van der Waals surface area (Å²) in [5.74, 6) is 0.0485. The molecule has 2 aliphatic rings. The molecule has 0 aromatic heterocycles. The van der Waals surface area contributed by atoms with Gasteiger partial charge in [-0.3, -0.25) is 4.79 Å². The molecule has 23 heavy (non-hydrogen) atoms. The molecule has 0 radical (unpaired) electrons. The Kier molecular flexibility index (Phi) is 4.05. The number of amides is 1. The minimum atomic E-state index is -1.79. The predicted molar refractivity (Wildman–Crippen MR) is 99.4 cm³/mol. The van der Waals surface area contributed by atoms with Crippen molar-refractivity contribution in [3.05, 3.63) is 33.3 Å². The highest BCUT2D eigenvalue weighted by Crippen LogP contribution is 2.53. The van der Waals surface area contributed by atoms with Crippen molar-refractivity contribution in [2.75, 3.05) is 6.54 Å². The van der Waals surface area contributed by atoms with Gasteiger partial charge < -0.3 is 9.74 Å². The van der Waals surface area contributed by atoms with E-state index in [9.17, 15) is 4.79 Å². The van der Waals surface area contributed by atoms with E-state index >= 15 is 0 Å². The molecule has 5 heteroatoms. The third-order valence-corrected chi connectivity index (χ3v) is 10.9. The summed E-state index contributed by atoms with van der Waals surface area (Å²) in [7, 11) is -1.79. The molecule has 0 unspecified atom stereocenters. The topological polar surface area (TPSA) is 38.3 Å². The van der Waals surface area contributed by atoms with E-state index in [4.69, 9.17) is 4.43 Å². The van der Waals surface area contributed by atoms with Gasteiger partial charge in [-0.25, -0.2) is 0 Å². The Labute approximate surface area is 148 Å². The second-order valence-corrected chi connectivity index (χ2v) is 14.2. The van der Waals surface area contributed by atoms with Gasteiger partial charge in [-0.1, -0.05) is 36.7 Å². The summed E-state index contributed by atoms with van der Waals surface area (Å²) in [6, 6.07) is 4.17. The molecule has 1 aromatic rings. The number of nitrogens with one attached hydrogen (secondary N) is 1. The lowest BCUT2D eigenvalue weighted by Gasteiger charge is -2.36. The van der Waals surface area contributed by atoms with Gasteiger partial charge in [-0.05, 0) is 54.2 Å². The average molecular weight is 396 g/mol. The minimum absolute atomic E-state index is 0.0485. The van der Waals surface area contributed by atoms with E-state index < -0.39 is 8.32 Å². The average Bonchev–Trinajstić information content (AvgIpc) is 3.20. The van der Waals surface area contributed by atoms with E-state index in [0.717, 1.165) is 22.1 Å². The summed E-state index contributed by atoms with van der Waals surface area (Å²) >= 11 is 3.71. The quantitative estimate of drug-likeness (QED) is 0.749. The highest BCUT2D eigenvalue weighted by atomic mass is 79.9. The third kappa shape index (κ3) is 3.03. The molecular formula is C18H26BrNO2Si. The molecule has 0 bridgehead atoms. The van der Waals surface area contributed by atoms with Gasteiger partial charge in [-0.2, -0.15) is 0 Å². The predicted octanol–water partition coefficient (Wildman–Crippen LogP) is 4.75. The van der Waals surface area contributed by atoms with E-state index in [2.05, 4.69) is 61.2 Å². The number of fused-ring (bicyclic) bond motifs is 2. The first-order valence-corrected chi connectivity index (χ1v) is 12.0. The van der Waals surface area contributed by atoms with Gasteiger partial charge in [0.15, 0.2) is 8.32 Å². The van der Waals surface area contributed by atoms with E-state index in [0.29, 0.717) is 6.61 Å². The lowest BCUT2D eigenvalue weighted by atomic mass is 9.86. The minimum Gasteiger partial charge on any atom is -0.413 e. The Morgan fingerprint density at radius 3 is 2.52 bits per heavy atom. The Morgan fingerprint density at radius 1 is 1.30 bits per heavy atom. The molecule has 0 atom stereocenters. The van der Waals surface area contributed by atoms with Crippen LogP contribution in [0.25, 0.3) is 0 Å². The van der Waals surface area contributed by atoms with Crippen LogP contribution in [0.1, 0.15) is 55.1 Å². The first kappa shape index (κ1) is 17.2. The lowest BCUT2D eigenvalue weighted by molar-refractivity contribution is 0.0937. The van der Waals surface area contributed by atoms with Crippen LogP contribution in [0.3, 0.4) is 0 Å². The number of hydrogen-bond donors (Lipinski definition) is 1. The van der Waals surface area contributed by atoms with Gasteiger partial charge in [0.2, 0.25) is 0 Å². The second-order valence-electron chi connectivity index (χ2n) is 8.51. The summed E-state index contributed by atoms with van der Waals surface area (Å²) in [5.41, 5.74) is 3.29. The maximum Gasteiger partial charge on any atom is 0.251 e. The molecule has 126 valence electrons. The summed E-state index contributed by atoms with van der Waals surface area (Å²) in [5, 5.41) is 3.24. The van der Waals surface area contributed by atoms with E-state index in [1.54, 1.807) is 0 Å². The summed E-state index contributed by atoms with van der Waals surface area (Å²) in [4.78, 5) is 12.3. The number of hydrogen-bond acceptors (Lipinski definition) is 2. The molecule has 1 aliphatic heterocycles. The molecule has 1 aliphatic carbocycles. The zero-order valence-corrected chi connectivity index (χ0v) is 17.3. The third-order valence-electron chi connectivity index (χ3n) is 5.77. The van der Waals surface area contributed by atoms with Crippen molar-refractivity contribution < 1.29 is 9.22 Å². The Morgan fingerprint density at radius 2 is 1.96 bits per heavy atom. The number of benzene rings is 1. The van der Waals surface area contributed by atoms with E-state index in [-0.39, 0.29) is 16.4 Å². The van der Waals surface area contributed by atoms with Gasteiger partial charge in [0.25, 0.3) is 5.91 Å². The maximum atomic E-state index is 12.3. The summed E-state index contributed by atoms with van der Waals surface area (Å²) < 4.78 is 7.38.